The molecule has 8 nitrogen and oxygen atoms in total. The Morgan fingerprint density at radius 1 is 1.16 bits per heavy atom. The molecule has 2 heterocycles. The van der Waals surface area contributed by atoms with E-state index in [0.29, 0.717) is 12.2 Å². The number of furan rings is 1. The lowest BCUT2D eigenvalue weighted by Crippen LogP contribution is -2.38. The van der Waals surface area contributed by atoms with E-state index in [1.165, 1.54) is 12.0 Å². The molecule has 0 aliphatic rings. The van der Waals surface area contributed by atoms with Crippen LogP contribution in [0.1, 0.15) is 40.9 Å². The maximum Gasteiger partial charge on any atom is 0.291 e. The van der Waals surface area contributed by atoms with Gasteiger partial charge in [-0.1, -0.05) is 12.1 Å². The predicted octanol–water partition coefficient (Wildman–Crippen LogP) is 4.11. The summed E-state index contributed by atoms with van der Waals surface area (Å²) < 4.78 is 7.16. The number of carbonyl (C=O) groups is 1. The lowest BCUT2D eigenvalue weighted by atomic mass is 10.2. The van der Waals surface area contributed by atoms with Crippen LogP contribution in [0.5, 0.6) is 0 Å². The van der Waals surface area contributed by atoms with Crippen LogP contribution in [0, 0.1) is 13.8 Å². The lowest BCUT2D eigenvalue weighted by Gasteiger charge is -2.12. The zero-order valence-corrected chi connectivity index (χ0v) is 21.1. The van der Waals surface area contributed by atoms with E-state index in [9.17, 15) is 4.79 Å². The number of hydrogen-bond donors (Lipinski definition) is 3. The fraction of sp³-hybridized carbons (Fsp3) is 0.348. The number of anilines is 1. The summed E-state index contributed by atoms with van der Waals surface area (Å²) in [5.41, 5.74) is 3.93. The standard InChI is InChI=1S/C23H30N6O2.HI/c1-4-24-23(25-11-7-12-29-18(3)14-17(2)28-29)26-16-19-8-5-9-20(15-19)27-22(30)21-10-6-13-31-21;/h5-6,8-10,13-15H,4,7,11-12,16H2,1-3H3,(H,27,30)(H2,24,25,26);1H. The number of rotatable bonds is 9. The summed E-state index contributed by atoms with van der Waals surface area (Å²) in [7, 11) is 0. The van der Waals surface area contributed by atoms with E-state index in [1.54, 1.807) is 12.1 Å². The average Bonchev–Trinajstić information content (AvgIpc) is 3.39. The van der Waals surface area contributed by atoms with E-state index in [4.69, 9.17) is 4.42 Å². The summed E-state index contributed by atoms with van der Waals surface area (Å²) in [6.45, 7) is 9.06. The zero-order chi connectivity index (χ0) is 22.1. The topological polar surface area (TPSA) is 96.5 Å². The van der Waals surface area contributed by atoms with Crippen molar-refractivity contribution in [1.29, 1.82) is 0 Å². The summed E-state index contributed by atoms with van der Waals surface area (Å²) in [5, 5.41) is 14.0. The monoisotopic (exact) mass is 550 g/mol. The Balaban J connectivity index is 0.00000363. The first-order valence-electron chi connectivity index (χ1n) is 10.5. The van der Waals surface area contributed by atoms with E-state index >= 15 is 0 Å². The molecular formula is C23H31IN6O2. The van der Waals surface area contributed by atoms with Crippen molar-refractivity contribution in [3.63, 3.8) is 0 Å². The number of aromatic nitrogens is 2. The van der Waals surface area contributed by atoms with Crippen molar-refractivity contribution >= 4 is 41.5 Å². The van der Waals surface area contributed by atoms with Gasteiger partial charge in [0.2, 0.25) is 0 Å². The van der Waals surface area contributed by atoms with Crippen LogP contribution in [0.4, 0.5) is 5.69 Å². The Kier molecular flexibility index (Phi) is 10.3. The molecule has 0 saturated heterocycles. The van der Waals surface area contributed by atoms with Crippen LogP contribution in [0.15, 0.2) is 58.1 Å². The van der Waals surface area contributed by atoms with Gasteiger partial charge in [0.1, 0.15) is 0 Å². The van der Waals surface area contributed by atoms with Gasteiger partial charge in [-0.05, 0) is 63.1 Å². The molecule has 32 heavy (non-hydrogen) atoms. The fourth-order valence-corrected chi connectivity index (χ4v) is 3.20. The van der Waals surface area contributed by atoms with Gasteiger partial charge in [0.05, 0.1) is 18.5 Å². The molecule has 0 fully saturated rings. The number of amides is 1. The number of halogens is 1. The van der Waals surface area contributed by atoms with Crippen molar-refractivity contribution in [2.45, 2.75) is 40.3 Å². The number of guanidine groups is 1. The number of hydrogen-bond acceptors (Lipinski definition) is 4. The zero-order valence-electron chi connectivity index (χ0n) is 18.7. The largest absolute Gasteiger partial charge is 0.459 e. The Hall–Kier alpha value is -2.82. The second-order valence-corrected chi connectivity index (χ2v) is 7.26. The third kappa shape index (κ3) is 7.70. The van der Waals surface area contributed by atoms with E-state index in [1.807, 2.05) is 42.8 Å². The highest BCUT2D eigenvalue weighted by molar-refractivity contribution is 14.0. The average molecular weight is 550 g/mol. The van der Waals surface area contributed by atoms with Crippen LogP contribution in [-0.4, -0.2) is 34.7 Å². The lowest BCUT2D eigenvalue weighted by molar-refractivity contribution is 0.0996. The molecule has 0 atom stereocenters. The highest BCUT2D eigenvalue weighted by Crippen LogP contribution is 2.13. The van der Waals surface area contributed by atoms with E-state index in [2.05, 4.69) is 39.0 Å². The van der Waals surface area contributed by atoms with E-state index in [0.717, 1.165) is 43.3 Å². The number of nitrogens with one attached hydrogen (secondary N) is 3. The van der Waals surface area contributed by atoms with Gasteiger partial charge >= 0.3 is 0 Å². The van der Waals surface area contributed by atoms with Crippen LogP contribution in [0.2, 0.25) is 0 Å². The number of aliphatic imine (C=N–C) groups is 1. The van der Waals surface area contributed by atoms with Gasteiger partial charge in [0, 0.05) is 31.0 Å². The number of benzene rings is 1. The molecule has 0 aliphatic heterocycles. The second-order valence-electron chi connectivity index (χ2n) is 7.26. The summed E-state index contributed by atoms with van der Waals surface area (Å²) in [5.74, 6) is 0.770. The third-order valence-corrected chi connectivity index (χ3v) is 4.64. The van der Waals surface area contributed by atoms with E-state index < -0.39 is 0 Å². The Morgan fingerprint density at radius 3 is 2.69 bits per heavy atom. The summed E-state index contributed by atoms with van der Waals surface area (Å²) in [6.07, 6.45) is 2.42. The number of nitrogens with zero attached hydrogens (tertiary/aromatic N) is 3. The first-order chi connectivity index (χ1) is 15.0. The van der Waals surface area contributed by atoms with Crippen molar-refractivity contribution in [3.05, 3.63) is 71.4 Å². The molecule has 3 rings (SSSR count). The molecule has 1 amide bonds. The van der Waals surface area contributed by atoms with Crippen LogP contribution >= 0.6 is 24.0 Å². The Bertz CT molecular complexity index is 1010. The van der Waals surface area contributed by atoms with Gasteiger partial charge < -0.3 is 20.4 Å². The van der Waals surface area contributed by atoms with Crippen LogP contribution in [-0.2, 0) is 13.1 Å². The molecule has 0 saturated carbocycles. The quantitative estimate of drug-likeness (QED) is 0.161. The van der Waals surface area contributed by atoms with Crippen molar-refractivity contribution in [2.24, 2.45) is 4.99 Å². The minimum Gasteiger partial charge on any atom is -0.459 e. The molecule has 3 N–H and O–H groups in total. The Morgan fingerprint density at radius 2 is 2.00 bits per heavy atom. The first-order valence-corrected chi connectivity index (χ1v) is 10.5. The molecule has 0 aliphatic carbocycles. The SMILES string of the molecule is CCNC(=NCc1cccc(NC(=O)c2ccco2)c1)NCCCn1nc(C)cc1C.I. The molecule has 0 radical (unpaired) electrons. The minimum atomic E-state index is -0.275. The number of carbonyl (C=O) groups excluding carboxylic acids is 1. The van der Waals surface area contributed by atoms with Crippen molar-refractivity contribution in [2.75, 3.05) is 18.4 Å². The molecular weight excluding hydrogens is 519 g/mol. The molecule has 2 aromatic heterocycles. The van der Waals surface area contributed by atoms with Crippen LogP contribution in [0.25, 0.3) is 0 Å². The van der Waals surface area contributed by atoms with Gasteiger partial charge in [0.15, 0.2) is 11.7 Å². The number of aryl methyl sites for hydroxylation is 3. The highest BCUT2D eigenvalue weighted by Gasteiger charge is 2.09. The molecule has 3 aromatic rings. The van der Waals surface area contributed by atoms with Crippen molar-refractivity contribution in [3.8, 4) is 0 Å². The minimum absolute atomic E-state index is 0. The van der Waals surface area contributed by atoms with E-state index in [-0.39, 0.29) is 35.6 Å². The molecule has 0 spiro atoms. The van der Waals surface area contributed by atoms with Gasteiger partial charge in [-0.15, -0.1) is 24.0 Å². The van der Waals surface area contributed by atoms with Gasteiger partial charge in [-0.2, -0.15) is 5.10 Å². The van der Waals surface area contributed by atoms with Crippen LogP contribution in [0.3, 0.4) is 0 Å². The smallest absolute Gasteiger partial charge is 0.291 e. The summed E-state index contributed by atoms with van der Waals surface area (Å²) >= 11 is 0. The van der Waals surface area contributed by atoms with Crippen LogP contribution < -0.4 is 16.0 Å². The molecule has 0 bridgehead atoms. The maximum atomic E-state index is 12.2. The van der Waals surface area contributed by atoms with Gasteiger partial charge in [-0.25, -0.2) is 4.99 Å². The Labute approximate surface area is 205 Å². The second kappa shape index (κ2) is 12.9. The van der Waals surface area contributed by atoms with Crippen molar-refractivity contribution < 1.29 is 9.21 Å². The maximum absolute atomic E-state index is 12.2. The van der Waals surface area contributed by atoms with Gasteiger partial charge in [0.25, 0.3) is 5.91 Å². The van der Waals surface area contributed by atoms with Crippen molar-refractivity contribution in [1.82, 2.24) is 20.4 Å². The first kappa shape index (κ1) is 25.4. The highest BCUT2D eigenvalue weighted by atomic mass is 127. The molecule has 1 aromatic carbocycles. The fourth-order valence-electron chi connectivity index (χ4n) is 3.20. The molecule has 9 heteroatoms. The molecule has 172 valence electrons. The normalized spacial score (nSPS) is 11.0. The summed E-state index contributed by atoms with van der Waals surface area (Å²) in [4.78, 5) is 16.8. The third-order valence-electron chi connectivity index (χ3n) is 4.64. The predicted molar refractivity (Wildman–Crippen MR) is 138 cm³/mol. The molecule has 0 unspecified atom stereocenters. The summed E-state index contributed by atoms with van der Waals surface area (Å²) in [6, 6.07) is 13.0. The van der Waals surface area contributed by atoms with Gasteiger partial charge in [-0.3, -0.25) is 9.48 Å².